The number of nitrogens with zero attached hydrogens (tertiary/aromatic N) is 1. The first-order chi connectivity index (χ1) is 16.5. The minimum atomic E-state index is -1.53. The van der Waals surface area contributed by atoms with Gasteiger partial charge in [-0.15, -0.1) is 11.3 Å². The topological polar surface area (TPSA) is 78.5 Å². The lowest BCUT2D eigenvalue weighted by Crippen LogP contribution is -2.62. The number of carbonyl (C=O) groups is 3. The molecule has 1 aromatic heterocycles. The normalized spacial score (nSPS) is 31.0. The Labute approximate surface area is 198 Å². The summed E-state index contributed by atoms with van der Waals surface area (Å²) in [5.74, 6) is -2.19. The molecule has 2 spiro atoms. The first-order valence-electron chi connectivity index (χ1n) is 11.4. The summed E-state index contributed by atoms with van der Waals surface area (Å²) in [6.07, 6.45) is 1.47. The Morgan fingerprint density at radius 3 is 2.62 bits per heavy atom. The molecule has 5 heterocycles. The van der Waals surface area contributed by atoms with Crippen molar-refractivity contribution < 1.29 is 18.8 Å². The van der Waals surface area contributed by atoms with Crippen LogP contribution in [0.5, 0.6) is 0 Å². The highest BCUT2D eigenvalue weighted by Crippen LogP contribution is 2.67. The summed E-state index contributed by atoms with van der Waals surface area (Å²) in [5.41, 5.74) is -0.930. The SMILES string of the molecule is O=C(c1cccs1)C1C2CCCN2C2(C(=O)Nc3ccc(F)cc32)C12C(=O)Nc1ccccc12. The quantitative estimate of drug-likeness (QED) is 0.554. The van der Waals surface area contributed by atoms with E-state index in [9.17, 15) is 18.8 Å². The summed E-state index contributed by atoms with van der Waals surface area (Å²) < 4.78 is 14.7. The van der Waals surface area contributed by atoms with Gasteiger partial charge >= 0.3 is 0 Å². The maximum atomic E-state index is 14.7. The smallest absolute Gasteiger partial charge is 0.251 e. The minimum Gasteiger partial charge on any atom is -0.325 e. The molecular formula is C26H20FN3O3S. The fraction of sp³-hybridized carbons (Fsp3) is 0.269. The largest absolute Gasteiger partial charge is 0.325 e. The monoisotopic (exact) mass is 473 g/mol. The highest BCUT2D eigenvalue weighted by Gasteiger charge is 2.81. The lowest BCUT2D eigenvalue weighted by atomic mass is 9.57. The molecule has 8 heteroatoms. The average Bonchev–Trinajstić information content (AvgIpc) is 3.62. The van der Waals surface area contributed by atoms with Gasteiger partial charge in [0.2, 0.25) is 5.91 Å². The van der Waals surface area contributed by atoms with Crippen LogP contribution in [0.4, 0.5) is 15.8 Å². The molecule has 2 fully saturated rings. The van der Waals surface area contributed by atoms with Crippen LogP contribution in [0.3, 0.4) is 0 Å². The Hall–Kier alpha value is -3.36. The number of carbonyl (C=O) groups excluding carboxylic acids is 3. The fourth-order valence-electron chi connectivity index (χ4n) is 7.12. The molecule has 6 nitrogen and oxygen atoms in total. The number of anilines is 2. The van der Waals surface area contributed by atoms with Gasteiger partial charge in [-0.3, -0.25) is 19.3 Å². The van der Waals surface area contributed by atoms with E-state index in [1.165, 1.54) is 23.5 Å². The van der Waals surface area contributed by atoms with Crippen LogP contribution in [-0.4, -0.2) is 35.1 Å². The Bertz CT molecular complexity index is 1410. The van der Waals surface area contributed by atoms with Gasteiger partial charge in [0, 0.05) is 23.0 Å². The molecule has 0 saturated carbocycles. The molecule has 34 heavy (non-hydrogen) atoms. The number of para-hydroxylation sites is 1. The summed E-state index contributed by atoms with van der Waals surface area (Å²) in [7, 11) is 0. The molecular weight excluding hydrogens is 453 g/mol. The second-order valence-electron chi connectivity index (χ2n) is 9.38. The third-order valence-electron chi connectivity index (χ3n) is 8.10. The van der Waals surface area contributed by atoms with E-state index in [0.29, 0.717) is 40.3 Å². The minimum absolute atomic E-state index is 0.145. The Morgan fingerprint density at radius 2 is 1.79 bits per heavy atom. The van der Waals surface area contributed by atoms with Gasteiger partial charge in [0.15, 0.2) is 5.78 Å². The number of thiophene rings is 1. The maximum Gasteiger partial charge on any atom is 0.251 e. The van der Waals surface area contributed by atoms with Crippen LogP contribution in [0.2, 0.25) is 0 Å². The van der Waals surface area contributed by atoms with Crippen molar-refractivity contribution in [2.24, 2.45) is 5.92 Å². The number of fused-ring (bicyclic) bond motifs is 7. The molecule has 4 aliphatic rings. The molecule has 4 aliphatic heterocycles. The standard InChI is InChI=1S/C26H20FN3O3S/c27-14-9-10-18-16(13-14)26(24(33)29-18)25(15-5-1-2-6-17(15)28-23(25)32)21(19-7-3-11-30(19)26)22(31)20-8-4-12-34-20/h1-2,4-6,8-10,12-13,19,21H,3,7,11H2,(H,28,32)(H,29,33). The number of amides is 2. The summed E-state index contributed by atoms with van der Waals surface area (Å²) in [5, 5.41) is 7.75. The number of hydrogen-bond acceptors (Lipinski definition) is 5. The maximum absolute atomic E-state index is 14.7. The summed E-state index contributed by atoms with van der Waals surface area (Å²) in [6, 6.07) is 14.7. The highest BCUT2D eigenvalue weighted by atomic mass is 32.1. The predicted octanol–water partition coefficient (Wildman–Crippen LogP) is 3.90. The van der Waals surface area contributed by atoms with Crippen molar-refractivity contribution in [3.05, 3.63) is 81.8 Å². The van der Waals surface area contributed by atoms with Gasteiger partial charge in [-0.25, -0.2) is 4.39 Å². The predicted molar refractivity (Wildman–Crippen MR) is 125 cm³/mol. The van der Waals surface area contributed by atoms with Crippen molar-refractivity contribution in [3.8, 4) is 0 Å². The molecule has 2 aromatic carbocycles. The van der Waals surface area contributed by atoms with E-state index in [2.05, 4.69) is 10.6 Å². The third-order valence-corrected chi connectivity index (χ3v) is 8.99. The lowest BCUT2D eigenvalue weighted by molar-refractivity contribution is -0.137. The van der Waals surface area contributed by atoms with Crippen LogP contribution in [0.15, 0.2) is 60.0 Å². The molecule has 2 amide bonds. The van der Waals surface area contributed by atoms with E-state index in [-0.39, 0.29) is 23.6 Å². The van der Waals surface area contributed by atoms with E-state index < -0.39 is 22.7 Å². The van der Waals surface area contributed by atoms with Crippen LogP contribution in [0.1, 0.15) is 33.6 Å². The first-order valence-corrected chi connectivity index (χ1v) is 12.3. The molecule has 0 bridgehead atoms. The molecule has 0 aliphatic carbocycles. The van der Waals surface area contributed by atoms with Crippen molar-refractivity contribution in [1.29, 1.82) is 0 Å². The number of ketones is 1. The molecule has 4 unspecified atom stereocenters. The van der Waals surface area contributed by atoms with Gasteiger partial charge in [-0.2, -0.15) is 0 Å². The van der Waals surface area contributed by atoms with Gasteiger partial charge < -0.3 is 10.6 Å². The second-order valence-corrected chi connectivity index (χ2v) is 10.3. The first kappa shape index (κ1) is 20.1. The van der Waals surface area contributed by atoms with Crippen molar-refractivity contribution >= 4 is 40.3 Å². The number of nitrogens with one attached hydrogen (secondary N) is 2. The zero-order valence-electron chi connectivity index (χ0n) is 18.0. The van der Waals surface area contributed by atoms with E-state index in [1.807, 2.05) is 34.5 Å². The van der Waals surface area contributed by atoms with E-state index in [0.717, 1.165) is 6.42 Å². The fourth-order valence-corrected chi connectivity index (χ4v) is 7.83. The van der Waals surface area contributed by atoms with Crippen LogP contribution < -0.4 is 10.6 Å². The zero-order valence-corrected chi connectivity index (χ0v) is 18.8. The highest BCUT2D eigenvalue weighted by molar-refractivity contribution is 7.12. The summed E-state index contributed by atoms with van der Waals surface area (Å²) >= 11 is 1.34. The number of rotatable bonds is 2. The lowest BCUT2D eigenvalue weighted by Gasteiger charge is -2.43. The van der Waals surface area contributed by atoms with Crippen molar-refractivity contribution in [2.75, 3.05) is 17.2 Å². The molecule has 3 aromatic rings. The van der Waals surface area contributed by atoms with Crippen LogP contribution in [-0.2, 0) is 20.5 Å². The third kappa shape index (κ3) is 2.08. The summed E-state index contributed by atoms with van der Waals surface area (Å²) in [4.78, 5) is 45.1. The van der Waals surface area contributed by atoms with E-state index in [4.69, 9.17) is 0 Å². The van der Waals surface area contributed by atoms with Gasteiger partial charge in [-0.1, -0.05) is 24.3 Å². The number of halogens is 1. The van der Waals surface area contributed by atoms with Crippen molar-refractivity contribution in [1.82, 2.24) is 4.90 Å². The number of benzene rings is 2. The van der Waals surface area contributed by atoms with Gasteiger partial charge in [0.05, 0.1) is 10.8 Å². The molecule has 7 rings (SSSR count). The Morgan fingerprint density at radius 1 is 1.00 bits per heavy atom. The van der Waals surface area contributed by atoms with E-state index >= 15 is 0 Å². The molecule has 2 N–H and O–H groups in total. The molecule has 0 radical (unpaired) electrons. The van der Waals surface area contributed by atoms with Crippen molar-refractivity contribution in [3.63, 3.8) is 0 Å². The Balaban J connectivity index is 1.62. The van der Waals surface area contributed by atoms with Crippen LogP contribution in [0.25, 0.3) is 0 Å². The van der Waals surface area contributed by atoms with Gasteiger partial charge in [0.1, 0.15) is 16.8 Å². The number of hydrogen-bond donors (Lipinski definition) is 2. The second kappa shape index (κ2) is 6.61. The van der Waals surface area contributed by atoms with E-state index in [1.54, 1.807) is 18.2 Å². The Kier molecular flexibility index (Phi) is 3.90. The zero-order chi connectivity index (χ0) is 23.2. The van der Waals surface area contributed by atoms with Crippen LogP contribution in [0, 0.1) is 11.7 Å². The van der Waals surface area contributed by atoms with Crippen LogP contribution >= 0.6 is 11.3 Å². The average molecular weight is 474 g/mol. The summed E-state index contributed by atoms with van der Waals surface area (Å²) in [6.45, 7) is 0.541. The van der Waals surface area contributed by atoms with Gasteiger partial charge in [-0.05, 0) is 60.7 Å². The molecule has 170 valence electrons. The van der Waals surface area contributed by atoms with Gasteiger partial charge in [0.25, 0.3) is 5.91 Å². The molecule has 2 saturated heterocycles. The molecule has 4 atom stereocenters. The van der Waals surface area contributed by atoms with Crippen molar-refractivity contribution in [2.45, 2.75) is 29.8 Å². The number of Topliss-reactive ketones (excluding diaryl/α,β-unsaturated/α-hetero) is 1.